The van der Waals surface area contributed by atoms with Crippen molar-refractivity contribution in [1.82, 2.24) is 44.6 Å². The van der Waals surface area contributed by atoms with Gasteiger partial charge in [0.25, 0.3) is 5.89 Å². The van der Waals surface area contributed by atoms with E-state index in [2.05, 4.69) is 40.0 Å². The molecule has 176 valence electrons. The topological polar surface area (TPSA) is 140 Å². The van der Waals surface area contributed by atoms with Crippen molar-refractivity contribution in [3.8, 4) is 17.5 Å². The first-order valence-corrected chi connectivity index (χ1v) is 10.5. The number of H-pyrrole nitrogens is 1. The second-order valence-electron chi connectivity index (χ2n) is 7.55. The number of aromatic nitrogens is 8. The van der Waals surface area contributed by atoms with Crippen molar-refractivity contribution in [3.63, 3.8) is 0 Å². The fourth-order valence-corrected chi connectivity index (χ4v) is 4.06. The van der Waals surface area contributed by atoms with Crippen LogP contribution in [0.2, 0.25) is 0 Å². The Bertz CT molecular complexity index is 1510. The highest BCUT2D eigenvalue weighted by Gasteiger charge is 2.38. The molecule has 0 radical (unpaired) electrons. The van der Waals surface area contributed by atoms with Gasteiger partial charge in [-0.05, 0) is 24.3 Å². The Hall–Kier alpha value is -4.75. The van der Waals surface area contributed by atoms with Crippen LogP contribution in [0.1, 0.15) is 33.8 Å². The molecule has 1 aliphatic heterocycles. The van der Waals surface area contributed by atoms with Crippen LogP contribution < -0.4 is 4.74 Å². The number of alkyl halides is 2. The van der Waals surface area contributed by atoms with E-state index in [0.717, 1.165) is 5.69 Å². The van der Waals surface area contributed by atoms with Crippen molar-refractivity contribution in [2.24, 2.45) is 0 Å². The van der Waals surface area contributed by atoms with Crippen LogP contribution in [0.4, 0.5) is 8.78 Å². The third kappa shape index (κ3) is 3.64. The van der Waals surface area contributed by atoms with E-state index in [1.165, 1.54) is 40.3 Å². The first-order valence-electron chi connectivity index (χ1n) is 10.5. The van der Waals surface area contributed by atoms with Gasteiger partial charge in [-0.25, -0.2) is 19.5 Å². The number of pyridine rings is 1. The fourth-order valence-electron chi connectivity index (χ4n) is 4.06. The molecule has 14 heteroatoms. The number of fused-ring (bicyclic) bond motifs is 2. The van der Waals surface area contributed by atoms with E-state index < -0.39 is 18.6 Å². The van der Waals surface area contributed by atoms with E-state index in [1.807, 2.05) is 0 Å². The number of hydrogen-bond donors (Lipinski definition) is 1. The number of amides is 1. The summed E-state index contributed by atoms with van der Waals surface area (Å²) in [6.45, 7) is -2.70. The highest BCUT2D eigenvalue weighted by molar-refractivity contribution is 5.90. The molecule has 6 rings (SSSR count). The third-order valence-corrected chi connectivity index (χ3v) is 5.53. The average molecular weight is 479 g/mol. The summed E-state index contributed by atoms with van der Waals surface area (Å²) < 4.78 is 37.4. The van der Waals surface area contributed by atoms with Crippen LogP contribution >= 0.6 is 0 Å². The largest absolute Gasteiger partial charge is 0.433 e. The van der Waals surface area contributed by atoms with E-state index in [-0.39, 0.29) is 23.4 Å². The molecule has 1 unspecified atom stereocenters. The zero-order valence-corrected chi connectivity index (χ0v) is 17.7. The highest BCUT2D eigenvalue weighted by Crippen LogP contribution is 2.35. The molecular formula is C21H15F2N9O3. The summed E-state index contributed by atoms with van der Waals surface area (Å²) >= 11 is 0. The first-order chi connectivity index (χ1) is 17.1. The maximum atomic E-state index is 13.5. The lowest BCUT2D eigenvalue weighted by molar-refractivity contribution is -0.0490. The quantitative estimate of drug-likeness (QED) is 0.402. The number of hydrogen-bond acceptors (Lipinski definition) is 9. The van der Waals surface area contributed by atoms with Crippen molar-refractivity contribution in [2.45, 2.75) is 19.1 Å². The molecule has 5 aromatic rings. The van der Waals surface area contributed by atoms with Gasteiger partial charge in [-0.15, -0.1) is 10.2 Å². The van der Waals surface area contributed by atoms with Crippen molar-refractivity contribution in [3.05, 3.63) is 72.2 Å². The second kappa shape index (κ2) is 8.23. The summed E-state index contributed by atoms with van der Waals surface area (Å²) in [6.07, 6.45) is 6.67. The molecule has 0 aromatic carbocycles. The second-order valence-corrected chi connectivity index (χ2v) is 7.55. The maximum absolute atomic E-state index is 13.5. The van der Waals surface area contributed by atoms with E-state index in [9.17, 15) is 13.6 Å². The van der Waals surface area contributed by atoms with Gasteiger partial charge in [0.2, 0.25) is 5.82 Å². The summed E-state index contributed by atoms with van der Waals surface area (Å²) in [6, 6.07) is 5.45. The van der Waals surface area contributed by atoms with Gasteiger partial charge in [0, 0.05) is 37.3 Å². The van der Waals surface area contributed by atoms with Crippen LogP contribution in [0, 0.1) is 0 Å². The molecule has 0 fully saturated rings. The molecule has 0 spiro atoms. The van der Waals surface area contributed by atoms with Crippen molar-refractivity contribution >= 4 is 11.4 Å². The molecule has 1 aliphatic rings. The predicted molar refractivity (Wildman–Crippen MR) is 112 cm³/mol. The molecule has 6 heterocycles. The number of ether oxygens (including phenoxy) is 1. The van der Waals surface area contributed by atoms with Crippen LogP contribution in [0.3, 0.4) is 0 Å². The molecule has 0 saturated carbocycles. The summed E-state index contributed by atoms with van der Waals surface area (Å²) in [5.41, 5.74) is 2.14. The minimum Gasteiger partial charge on any atom is -0.433 e. The van der Waals surface area contributed by atoms with Gasteiger partial charge >= 0.3 is 18.4 Å². The van der Waals surface area contributed by atoms with Gasteiger partial charge in [0.1, 0.15) is 11.6 Å². The number of halogens is 2. The summed E-state index contributed by atoms with van der Waals surface area (Å²) in [5, 5.41) is 12.3. The van der Waals surface area contributed by atoms with Crippen LogP contribution in [0.15, 0.2) is 53.6 Å². The summed E-state index contributed by atoms with van der Waals surface area (Å²) in [4.78, 5) is 30.6. The zero-order chi connectivity index (χ0) is 23.9. The number of aromatic amines is 1. The highest BCUT2D eigenvalue weighted by atomic mass is 19.3. The Balaban J connectivity index is 1.40. The van der Waals surface area contributed by atoms with Crippen molar-refractivity contribution in [2.75, 3.05) is 6.54 Å². The maximum Gasteiger partial charge on any atom is 0.387 e. The van der Waals surface area contributed by atoms with E-state index >= 15 is 0 Å². The van der Waals surface area contributed by atoms with Crippen LogP contribution in [0.5, 0.6) is 5.75 Å². The number of nitrogens with zero attached hydrogens (tertiary/aromatic N) is 8. The third-order valence-electron chi connectivity index (χ3n) is 5.53. The van der Waals surface area contributed by atoms with Crippen LogP contribution in [-0.2, 0) is 6.42 Å². The fraction of sp³-hybridized carbons (Fsp3) is 0.190. The van der Waals surface area contributed by atoms with E-state index in [0.29, 0.717) is 29.9 Å². The summed E-state index contributed by atoms with van der Waals surface area (Å²) in [5.74, 6) is -0.636. The Morgan fingerprint density at radius 2 is 2.06 bits per heavy atom. The lowest BCUT2D eigenvalue weighted by atomic mass is 9.99. The molecule has 0 bridgehead atoms. The SMILES string of the molecule is O=C(c1nnc(-c2ncccn2)o1)N1CCc2[nH]cnc2C1c1cc2c(OC(F)F)cccn2n1. The van der Waals surface area contributed by atoms with Gasteiger partial charge < -0.3 is 19.0 Å². The Labute approximate surface area is 194 Å². The van der Waals surface area contributed by atoms with Gasteiger partial charge in [-0.2, -0.15) is 13.9 Å². The number of rotatable bonds is 5. The number of carbonyl (C=O) groups is 1. The Kier molecular flexibility index (Phi) is 4.90. The lowest BCUT2D eigenvalue weighted by Crippen LogP contribution is -2.41. The monoisotopic (exact) mass is 479 g/mol. The molecule has 35 heavy (non-hydrogen) atoms. The lowest BCUT2D eigenvalue weighted by Gasteiger charge is -2.32. The average Bonchev–Trinajstić information content (AvgIpc) is 3.63. The van der Waals surface area contributed by atoms with Crippen molar-refractivity contribution in [1.29, 1.82) is 0 Å². The molecule has 5 aromatic heterocycles. The minimum absolute atomic E-state index is 0.00416. The molecule has 0 saturated heterocycles. The molecule has 1 amide bonds. The zero-order valence-electron chi connectivity index (χ0n) is 17.7. The minimum atomic E-state index is -2.99. The predicted octanol–water partition coefficient (Wildman–Crippen LogP) is 2.29. The molecule has 1 atom stereocenters. The van der Waals surface area contributed by atoms with Gasteiger partial charge in [0.15, 0.2) is 5.75 Å². The standard InChI is InChI=1S/C21H15F2N9O3/c22-21(23)34-14-3-1-7-32-13(14)9-12(30-32)16-15-11(26-10-27-15)4-8-31(16)20(33)19-29-28-18(35-19)17-24-5-2-6-25-17/h1-3,5-7,9-10,16,21H,4,8H2,(H,26,27). The van der Waals surface area contributed by atoms with E-state index in [1.54, 1.807) is 18.3 Å². The number of nitrogens with one attached hydrogen (secondary N) is 1. The molecular weight excluding hydrogens is 464 g/mol. The number of imidazole rings is 1. The van der Waals surface area contributed by atoms with Crippen LogP contribution in [-0.4, -0.2) is 63.7 Å². The molecule has 1 N–H and O–H groups in total. The molecule has 0 aliphatic carbocycles. The van der Waals surface area contributed by atoms with Gasteiger partial charge in [0.05, 0.1) is 17.7 Å². The molecule has 12 nitrogen and oxygen atoms in total. The van der Waals surface area contributed by atoms with E-state index in [4.69, 9.17) is 4.42 Å². The van der Waals surface area contributed by atoms with Crippen molar-refractivity contribution < 1.29 is 22.7 Å². The smallest absolute Gasteiger partial charge is 0.387 e. The van der Waals surface area contributed by atoms with Gasteiger partial charge in [-0.1, -0.05) is 0 Å². The first kappa shape index (κ1) is 20.8. The van der Waals surface area contributed by atoms with Gasteiger partial charge in [-0.3, -0.25) is 4.79 Å². The number of carbonyl (C=O) groups excluding carboxylic acids is 1. The Morgan fingerprint density at radius 1 is 1.20 bits per heavy atom. The normalized spacial score (nSPS) is 15.5. The van der Waals surface area contributed by atoms with Crippen LogP contribution in [0.25, 0.3) is 17.2 Å². The Morgan fingerprint density at radius 3 is 2.89 bits per heavy atom. The summed E-state index contributed by atoms with van der Waals surface area (Å²) in [7, 11) is 0.